The van der Waals surface area contributed by atoms with Crippen molar-refractivity contribution in [2.24, 2.45) is 0 Å². The van der Waals surface area contributed by atoms with Gasteiger partial charge in [-0.2, -0.15) is 0 Å². The maximum absolute atomic E-state index is 10.8. The molecule has 76 valence electrons. The minimum absolute atomic E-state index is 0.185. The van der Waals surface area contributed by atoms with E-state index in [0.717, 1.165) is 0 Å². The highest BCUT2D eigenvalue weighted by atomic mass is 32.2. The summed E-state index contributed by atoms with van der Waals surface area (Å²) in [5.41, 5.74) is -0.185. The molecule has 1 aromatic heterocycles. The number of nitrogens with zero attached hydrogens (tertiary/aromatic N) is 1. The lowest BCUT2D eigenvalue weighted by Crippen LogP contribution is -2.07. The Labute approximate surface area is 84.9 Å². The van der Waals surface area contributed by atoms with Gasteiger partial charge < -0.3 is 9.72 Å². The van der Waals surface area contributed by atoms with Crippen LogP contribution in [0.3, 0.4) is 0 Å². The van der Waals surface area contributed by atoms with E-state index in [2.05, 4.69) is 9.97 Å². The number of carbonyl (C=O) groups is 1. The number of esters is 1. The molecule has 0 aromatic carbocycles. The van der Waals surface area contributed by atoms with Crippen molar-refractivity contribution in [3.05, 3.63) is 22.6 Å². The van der Waals surface area contributed by atoms with Crippen LogP contribution in [0.1, 0.15) is 6.92 Å². The van der Waals surface area contributed by atoms with E-state index in [1.807, 2.05) is 0 Å². The Morgan fingerprint density at radius 2 is 2.50 bits per heavy atom. The average molecular weight is 214 g/mol. The van der Waals surface area contributed by atoms with E-state index in [4.69, 9.17) is 4.74 Å². The normalized spacial score (nSPS) is 9.79. The molecule has 6 heteroatoms. The smallest absolute Gasteiger partial charge is 0.302 e. The molecule has 0 aliphatic rings. The van der Waals surface area contributed by atoms with Gasteiger partial charge in [0.25, 0.3) is 5.56 Å². The molecule has 1 aromatic rings. The van der Waals surface area contributed by atoms with E-state index in [0.29, 0.717) is 17.5 Å². The van der Waals surface area contributed by atoms with E-state index in [1.165, 1.54) is 30.9 Å². The van der Waals surface area contributed by atoms with Crippen molar-refractivity contribution >= 4 is 17.7 Å². The molecule has 0 spiro atoms. The molecule has 0 fully saturated rings. The summed E-state index contributed by atoms with van der Waals surface area (Å²) >= 11 is 1.33. The first-order valence-corrected chi connectivity index (χ1v) is 4.98. The van der Waals surface area contributed by atoms with Crippen LogP contribution in [-0.2, 0) is 9.53 Å². The standard InChI is InChI=1S/C8H10N2O3S/c1-6(11)13-4-5-14-8-9-3-2-7(12)10-8/h2-3H,4-5H2,1H3,(H,9,10,12). The largest absolute Gasteiger partial charge is 0.465 e. The molecule has 0 bridgehead atoms. The zero-order valence-corrected chi connectivity index (χ0v) is 8.47. The third-order valence-electron chi connectivity index (χ3n) is 1.28. The highest BCUT2D eigenvalue weighted by molar-refractivity contribution is 7.99. The van der Waals surface area contributed by atoms with Gasteiger partial charge in [-0.1, -0.05) is 11.8 Å². The van der Waals surface area contributed by atoms with Crippen LogP contribution in [0.15, 0.2) is 22.2 Å². The molecule has 14 heavy (non-hydrogen) atoms. The number of aromatic amines is 1. The van der Waals surface area contributed by atoms with Crippen molar-refractivity contribution < 1.29 is 9.53 Å². The molecule has 0 unspecified atom stereocenters. The van der Waals surface area contributed by atoms with Crippen LogP contribution in [0, 0.1) is 0 Å². The highest BCUT2D eigenvalue weighted by Crippen LogP contribution is 2.08. The molecule has 5 nitrogen and oxygen atoms in total. The summed E-state index contributed by atoms with van der Waals surface area (Å²) in [5, 5.41) is 0.532. The topological polar surface area (TPSA) is 72.0 Å². The van der Waals surface area contributed by atoms with Crippen molar-refractivity contribution in [3.8, 4) is 0 Å². The van der Waals surface area contributed by atoms with Crippen LogP contribution >= 0.6 is 11.8 Å². The molecule has 0 saturated heterocycles. The molecule has 0 saturated carbocycles. The number of nitrogens with one attached hydrogen (secondary N) is 1. The van der Waals surface area contributed by atoms with Gasteiger partial charge in [0, 0.05) is 24.9 Å². The Kier molecular flexibility index (Phi) is 4.18. The van der Waals surface area contributed by atoms with Crippen LogP contribution < -0.4 is 5.56 Å². The van der Waals surface area contributed by atoms with Crippen LogP contribution in [0.25, 0.3) is 0 Å². The number of rotatable bonds is 4. The van der Waals surface area contributed by atoms with Crippen LogP contribution in [0.2, 0.25) is 0 Å². The summed E-state index contributed by atoms with van der Waals surface area (Å²) in [6, 6.07) is 1.34. The van der Waals surface area contributed by atoms with Gasteiger partial charge in [0.15, 0.2) is 5.16 Å². The molecule has 0 atom stereocenters. The van der Waals surface area contributed by atoms with Crippen molar-refractivity contribution in [1.82, 2.24) is 9.97 Å². The second-order valence-electron chi connectivity index (χ2n) is 2.43. The Bertz CT molecular complexity index is 364. The third kappa shape index (κ3) is 4.08. The van der Waals surface area contributed by atoms with Gasteiger partial charge in [-0.3, -0.25) is 9.59 Å². The zero-order chi connectivity index (χ0) is 10.4. The number of H-pyrrole nitrogens is 1. The summed E-state index contributed by atoms with van der Waals surface area (Å²) in [7, 11) is 0. The van der Waals surface area contributed by atoms with E-state index >= 15 is 0 Å². The van der Waals surface area contributed by atoms with Crippen molar-refractivity contribution in [1.29, 1.82) is 0 Å². The lowest BCUT2D eigenvalue weighted by Gasteiger charge is -2.00. The average Bonchev–Trinajstić information content (AvgIpc) is 2.12. The van der Waals surface area contributed by atoms with Crippen LogP contribution in [0.4, 0.5) is 0 Å². The van der Waals surface area contributed by atoms with E-state index in [1.54, 1.807) is 0 Å². The highest BCUT2D eigenvalue weighted by Gasteiger charge is 1.97. The Morgan fingerprint density at radius 3 is 3.14 bits per heavy atom. The fraction of sp³-hybridized carbons (Fsp3) is 0.375. The molecule has 0 amide bonds. The predicted molar refractivity (Wildman–Crippen MR) is 52.2 cm³/mol. The van der Waals surface area contributed by atoms with Gasteiger partial charge in [0.2, 0.25) is 0 Å². The van der Waals surface area contributed by atoms with Crippen LogP contribution in [-0.4, -0.2) is 28.3 Å². The number of thioether (sulfide) groups is 1. The Hall–Kier alpha value is -1.30. The third-order valence-corrected chi connectivity index (χ3v) is 2.13. The maximum atomic E-state index is 10.8. The lowest BCUT2D eigenvalue weighted by molar-refractivity contribution is -0.140. The minimum Gasteiger partial charge on any atom is -0.465 e. The molecule has 0 aliphatic heterocycles. The minimum atomic E-state index is -0.305. The van der Waals surface area contributed by atoms with Gasteiger partial charge in [-0.15, -0.1) is 0 Å². The number of hydrogen-bond donors (Lipinski definition) is 1. The predicted octanol–water partition coefficient (Wildman–Crippen LogP) is 0.425. The Balaban J connectivity index is 2.31. The summed E-state index contributed by atoms with van der Waals surface area (Å²) < 4.78 is 4.71. The molecule has 1 rings (SSSR count). The number of carbonyl (C=O) groups excluding carboxylic acids is 1. The fourth-order valence-corrected chi connectivity index (χ4v) is 1.42. The SMILES string of the molecule is CC(=O)OCCSc1nccc(=O)[nH]1. The van der Waals surface area contributed by atoms with Gasteiger partial charge >= 0.3 is 5.97 Å². The summed E-state index contributed by atoms with van der Waals surface area (Å²) in [6.45, 7) is 1.67. The van der Waals surface area contributed by atoms with E-state index < -0.39 is 0 Å². The maximum Gasteiger partial charge on any atom is 0.302 e. The molecule has 1 heterocycles. The van der Waals surface area contributed by atoms with Crippen molar-refractivity contribution in [2.75, 3.05) is 12.4 Å². The lowest BCUT2D eigenvalue weighted by atomic mass is 10.7. The molecule has 0 aliphatic carbocycles. The first kappa shape index (κ1) is 10.8. The van der Waals surface area contributed by atoms with Gasteiger partial charge in [0.1, 0.15) is 6.61 Å². The van der Waals surface area contributed by atoms with E-state index in [9.17, 15) is 9.59 Å². The number of aromatic nitrogens is 2. The zero-order valence-electron chi connectivity index (χ0n) is 7.65. The van der Waals surface area contributed by atoms with Gasteiger partial charge in [-0.05, 0) is 0 Å². The van der Waals surface area contributed by atoms with E-state index in [-0.39, 0.29) is 11.5 Å². The summed E-state index contributed by atoms with van der Waals surface area (Å²) in [5.74, 6) is 0.270. The monoisotopic (exact) mass is 214 g/mol. The van der Waals surface area contributed by atoms with Crippen molar-refractivity contribution in [3.63, 3.8) is 0 Å². The van der Waals surface area contributed by atoms with Crippen LogP contribution in [0.5, 0.6) is 0 Å². The number of hydrogen-bond acceptors (Lipinski definition) is 5. The first-order valence-electron chi connectivity index (χ1n) is 4.00. The summed E-state index contributed by atoms with van der Waals surface area (Å²) in [4.78, 5) is 27.7. The fourth-order valence-electron chi connectivity index (χ4n) is 0.749. The first-order chi connectivity index (χ1) is 6.68. The second-order valence-corrected chi connectivity index (χ2v) is 3.51. The van der Waals surface area contributed by atoms with Gasteiger partial charge in [-0.25, -0.2) is 4.98 Å². The molecule has 0 radical (unpaired) electrons. The molecular formula is C8H10N2O3S. The molecular weight excluding hydrogens is 204 g/mol. The van der Waals surface area contributed by atoms with Gasteiger partial charge in [0.05, 0.1) is 0 Å². The second kappa shape index (κ2) is 5.43. The van der Waals surface area contributed by atoms with Crippen molar-refractivity contribution in [2.45, 2.75) is 12.1 Å². The quantitative estimate of drug-likeness (QED) is 0.340. The number of ether oxygens (including phenoxy) is 1. The Morgan fingerprint density at radius 1 is 1.71 bits per heavy atom. The molecule has 1 N–H and O–H groups in total. The summed E-state index contributed by atoms with van der Waals surface area (Å²) in [6.07, 6.45) is 1.44.